The lowest BCUT2D eigenvalue weighted by molar-refractivity contribution is -0.122. The molecule has 0 heterocycles. The molecule has 0 aromatic heterocycles. The standard InChI is InChI=1S/C18H22N2O6S2/c1-13(20-28(24,25)17-10-6-15(26-2)7-11-17)18(21)19-12-14-4-8-16(9-5-14)27(3,22)23/h4-11,13,20H,12H2,1-3H3,(H,19,21)/t13-/m0/s1. The number of methoxy groups -OCH3 is 1. The number of sulfone groups is 1. The molecule has 10 heteroatoms. The molecule has 8 nitrogen and oxygen atoms in total. The van der Waals surface area contributed by atoms with Gasteiger partial charge >= 0.3 is 0 Å². The molecule has 0 saturated carbocycles. The summed E-state index contributed by atoms with van der Waals surface area (Å²) >= 11 is 0. The molecule has 0 unspecified atom stereocenters. The molecule has 1 atom stereocenters. The van der Waals surface area contributed by atoms with Gasteiger partial charge in [0.15, 0.2) is 9.84 Å². The molecule has 1 amide bonds. The number of carbonyl (C=O) groups excluding carboxylic acids is 1. The molecule has 0 aliphatic heterocycles. The summed E-state index contributed by atoms with van der Waals surface area (Å²) in [6, 6.07) is 10.9. The second-order valence-corrected chi connectivity index (χ2v) is 9.88. The summed E-state index contributed by atoms with van der Waals surface area (Å²) < 4.78 is 54.9. The first kappa shape index (κ1) is 21.9. The van der Waals surface area contributed by atoms with E-state index in [0.717, 1.165) is 6.26 Å². The van der Waals surface area contributed by atoms with E-state index in [2.05, 4.69) is 10.0 Å². The van der Waals surface area contributed by atoms with E-state index >= 15 is 0 Å². The Bertz CT molecular complexity index is 1030. The second-order valence-electron chi connectivity index (χ2n) is 6.15. The Hall–Kier alpha value is -2.43. The smallest absolute Gasteiger partial charge is 0.241 e. The Balaban J connectivity index is 1.96. The number of sulfonamides is 1. The van der Waals surface area contributed by atoms with Crippen molar-refractivity contribution in [2.45, 2.75) is 29.3 Å². The topological polar surface area (TPSA) is 119 Å². The van der Waals surface area contributed by atoms with Crippen LogP contribution in [0.1, 0.15) is 12.5 Å². The Morgan fingerprint density at radius 3 is 2.00 bits per heavy atom. The third-order valence-corrected chi connectivity index (χ3v) is 6.60. The minimum atomic E-state index is -3.87. The van der Waals surface area contributed by atoms with Gasteiger partial charge in [0.1, 0.15) is 5.75 Å². The summed E-state index contributed by atoms with van der Waals surface area (Å²) in [5, 5.41) is 2.61. The molecule has 0 fully saturated rings. The van der Waals surface area contributed by atoms with Crippen LogP contribution in [0.25, 0.3) is 0 Å². The number of amides is 1. The average molecular weight is 427 g/mol. The Morgan fingerprint density at radius 2 is 1.50 bits per heavy atom. The highest BCUT2D eigenvalue weighted by molar-refractivity contribution is 7.90. The SMILES string of the molecule is COc1ccc(S(=O)(=O)N[C@@H](C)C(=O)NCc2ccc(S(C)(=O)=O)cc2)cc1. The Morgan fingerprint density at radius 1 is 0.964 bits per heavy atom. The molecule has 152 valence electrons. The lowest BCUT2D eigenvalue weighted by Gasteiger charge is -2.15. The number of nitrogens with one attached hydrogen (secondary N) is 2. The van der Waals surface area contributed by atoms with Crippen molar-refractivity contribution >= 4 is 25.8 Å². The van der Waals surface area contributed by atoms with E-state index < -0.39 is 31.8 Å². The van der Waals surface area contributed by atoms with Gasteiger partial charge in [-0.2, -0.15) is 4.72 Å². The summed E-state index contributed by atoms with van der Waals surface area (Å²) in [5.41, 5.74) is 0.686. The second kappa shape index (κ2) is 8.72. The zero-order valence-corrected chi connectivity index (χ0v) is 17.3. The van der Waals surface area contributed by atoms with Crippen molar-refractivity contribution in [3.05, 3.63) is 54.1 Å². The van der Waals surface area contributed by atoms with Gasteiger partial charge in [-0.15, -0.1) is 0 Å². The molecular formula is C18H22N2O6S2. The molecule has 28 heavy (non-hydrogen) atoms. The van der Waals surface area contributed by atoms with Gasteiger partial charge in [0.2, 0.25) is 15.9 Å². The van der Waals surface area contributed by atoms with Gasteiger partial charge in [-0.1, -0.05) is 12.1 Å². The van der Waals surface area contributed by atoms with Gasteiger partial charge in [0.05, 0.1) is 22.9 Å². The van der Waals surface area contributed by atoms with Gasteiger partial charge in [-0.3, -0.25) is 4.79 Å². The summed E-state index contributed by atoms with van der Waals surface area (Å²) in [6.45, 7) is 1.57. The van der Waals surface area contributed by atoms with E-state index in [9.17, 15) is 21.6 Å². The van der Waals surface area contributed by atoms with E-state index in [1.807, 2.05) is 0 Å². The fourth-order valence-electron chi connectivity index (χ4n) is 2.31. The van der Waals surface area contributed by atoms with Crippen LogP contribution in [0, 0.1) is 0 Å². The maximum Gasteiger partial charge on any atom is 0.241 e. The predicted molar refractivity (Wildman–Crippen MR) is 104 cm³/mol. The van der Waals surface area contributed by atoms with E-state index in [1.54, 1.807) is 12.1 Å². The quantitative estimate of drug-likeness (QED) is 0.652. The Kier molecular flexibility index (Phi) is 6.81. The number of rotatable bonds is 8. The fraction of sp³-hybridized carbons (Fsp3) is 0.278. The highest BCUT2D eigenvalue weighted by atomic mass is 32.2. The van der Waals surface area contributed by atoms with Crippen molar-refractivity contribution in [3.8, 4) is 5.75 Å². The van der Waals surface area contributed by atoms with E-state index in [1.165, 1.54) is 50.4 Å². The van der Waals surface area contributed by atoms with E-state index in [0.29, 0.717) is 11.3 Å². The van der Waals surface area contributed by atoms with Gasteiger partial charge in [-0.25, -0.2) is 16.8 Å². The first-order valence-electron chi connectivity index (χ1n) is 8.26. The van der Waals surface area contributed by atoms with Crippen LogP contribution >= 0.6 is 0 Å². The van der Waals surface area contributed by atoms with Crippen molar-refractivity contribution in [3.63, 3.8) is 0 Å². The normalized spacial score (nSPS) is 13.0. The van der Waals surface area contributed by atoms with Crippen LogP contribution in [-0.4, -0.2) is 42.2 Å². The van der Waals surface area contributed by atoms with Crippen LogP contribution in [0.4, 0.5) is 0 Å². The average Bonchev–Trinajstić information content (AvgIpc) is 2.65. The first-order valence-corrected chi connectivity index (χ1v) is 11.6. The highest BCUT2D eigenvalue weighted by Crippen LogP contribution is 2.15. The predicted octanol–water partition coefficient (Wildman–Crippen LogP) is 1.08. The van der Waals surface area contributed by atoms with Crippen molar-refractivity contribution in [1.82, 2.24) is 10.0 Å². The van der Waals surface area contributed by atoms with Crippen LogP contribution in [0.15, 0.2) is 58.3 Å². The maximum atomic E-state index is 12.4. The molecule has 0 bridgehead atoms. The molecule has 2 rings (SSSR count). The summed E-state index contributed by atoms with van der Waals surface area (Å²) in [7, 11) is -5.68. The number of carbonyl (C=O) groups is 1. The minimum Gasteiger partial charge on any atom is -0.497 e. The van der Waals surface area contributed by atoms with Crippen molar-refractivity contribution in [2.75, 3.05) is 13.4 Å². The lowest BCUT2D eigenvalue weighted by Crippen LogP contribution is -2.44. The molecule has 0 aliphatic rings. The number of hydrogen-bond donors (Lipinski definition) is 2. The van der Waals surface area contributed by atoms with Gasteiger partial charge in [-0.05, 0) is 48.9 Å². The van der Waals surface area contributed by atoms with Gasteiger partial charge in [0, 0.05) is 12.8 Å². The molecule has 0 spiro atoms. The Labute approximate surface area is 164 Å². The third kappa shape index (κ3) is 5.78. The van der Waals surface area contributed by atoms with Crippen LogP contribution < -0.4 is 14.8 Å². The molecule has 0 aliphatic carbocycles. The number of benzene rings is 2. The third-order valence-electron chi connectivity index (χ3n) is 3.91. The highest BCUT2D eigenvalue weighted by Gasteiger charge is 2.22. The summed E-state index contributed by atoms with van der Waals surface area (Å²) in [5.74, 6) is 0.0101. The maximum absolute atomic E-state index is 12.4. The van der Waals surface area contributed by atoms with Crippen molar-refractivity contribution in [2.24, 2.45) is 0 Å². The number of hydrogen-bond acceptors (Lipinski definition) is 6. The summed E-state index contributed by atoms with van der Waals surface area (Å²) in [4.78, 5) is 12.4. The largest absolute Gasteiger partial charge is 0.497 e. The molecule has 0 radical (unpaired) electrons. The fourth-order valence-corrected chi connectivity index (χ4v) is 4.14. The minimum absolute atomic E-state index is 0.0179. The lowest BCUT2D eigenvalue weighted by atomic mass is 10.2. The molecule has 0 saturated heterocycles. The first-order chi connectivity index (χ1) is 13.0. The molecule has 2 N–H and O–H groups in total. The van der Waals surface area contributed by atoms with Crippen molar-refractivity contribution < 1.29 is 26.4 Å². The van der Waals surface area contributed by atoms with E-state index in [4.69, 9.17) is 4.74 Å². The van der Waals surface area contributed by atoms with Crippen LogP contribution in [0.2, 0.25) is 0 Å². The van der Waals surface area contributed by atoms with Crippen LogP contribution in [-0.2, 0) is 31.2 Å². The van der Waals surface area contributed by atoms with Crippen LogP contribution in [0.3, 0.4) is 0 Å². The molecular weight excluding hydrogens is 404 g/mol. The summed E-state index contributed by atoms with van der Waals surface area (Å²) in [6.07, 6.45) is 1.11. The van der Waals surface area contributed by atoms with Gasteiger partial charge in [0.25, 0.3) is 0 Å². The van der Waals surface area contributed by atoms with Crippen molar-refractivity contribution in [1.29, 1.82) is 0 Å². The molecule has 2 aromatic rings. The number of ether oxygens (including phenoxy) is 1. The zero-order valence-electron chi connectivity index (χ0n) is 15.7. The van der Waals surface area contributed by atoms with Crippen LogP contribution in [0.5, 0.6) is 5.75 Å². The molecule has 2 aromatic carbocycles. The zero-order chi connectivity index (χ0) is 20.9. The van der Waals surface area contributed by atoms with E-state index in [-0.39, 0.29) is 16.3 Å². The van der Waals surface area contributed by atoms with Gasteiger partial charge < -0.3 is 10.1 Å². The monoisotopic (exact) mass is 426 g/mol.